The number of hydrogen-bond donors (Lipinski definition) is 1. The minimum Gasteiger partial charge on any atom is -0.380 e. The zero-order chi connectivity index (χ0) is 16.3. The summed E-state index contributed by atoms with van der Waals surface area (Å²) in [5.74, 6) is 0. The van der Waals surface area contributed by atoms with Gasteiger partial charge in [0, 0.05) is 13.6 Å². The van der Waals surface area contributed by atoms with Crippen molar-refractivity contribution < 1.29 is 0 Å². The normalized spacial score (nSPS) is 12.5. The van der Waals surface area contributed by atoms with Crippen molar-refractivity contribution in [3.8, 4) is 0 Å². The molecule has 0 saturated carbocycles. The van der Waals surface area contributed by atoms with Crippen LogP contribution in [0.3, 0.4) is 0 Å². The molecule has 118 valence electrons. The van der Waals surface area contributed by atoms with Crippen molar-refractivity contribution in [1.82, 2.24) is 14.7 Å². The number of nitrogens with one attached hydrogen (secondary N) is 1. The number of halogens is 1. The van der Waals surface area contributed by atoms with E-state index in [1.54, 1.807) is 13.2 Å². The van der Waals surface area contributed by atoms with Crippen LogP contribution in [0.15, 0.2) is 35.3 Å². The largest absolute Gasteiger partial charge is 0.380 e. The molecule has 0 amide bonds. The van der Waals surface area contributed by atoms with Crippen LogP contribution in [0.4, 0.5) is 5.69 Å². The second-order valence-electron chi connectivity index (χ2n) is 5.57. The minimum absolute atomic E-state index is 0.166. The van der Waals surface area contributed by atoms with Gasteiger partial charge < -0.3 is 10.2 Å². The first-order valence-corrected chi connectivity index (χ1v) is 7.46. The molecule has 22 heavy (non-hydrogen) atoms. The third kappa shape index (κ3) is 3.67. The highest BCUT2D eigenvalue weighted by Crippen LogP contribution is 2.21. The fourth-order valence-corrected chi connectivity index (χ4v) is 2.47. The van der Waals surface area contributed by atoms with Crippen LogP contribution in [0.2, 0.25) is 5.02 Å². The number of hydrogen-bond acceptors (Lipinski definition) is 4. The Labute approximate surface area is 135 Å². The van der Waals surface area contributed by atoms with Gasteiger partial charge in [-0.3, -0.25) is 4.79 Å². The van der Waals surface area contributed by atoms with E-state index in [0.29, 0.717) is 12.2 Å². The first-order chi connectivity index (χ1) is 10.4. The van der Waals surface area contributed by atoms with E-state index in [0.717, 1.165) is 0 Å². The molecule has 0 radical (unpaired) electrons. The topological polar surface area (TPSA) is 50.2 Å². The summed E-state index contributed by atoms with van der Waals surface area (Å²) in [5.41, 5.74) is 2.69. The summed E-state index contributed by atoms with van der Waals surface area (Å²) in [7, 11) is 5.62. The Hall–Kier alpha value is -1.85. The number of rotatable bonds is 5. The van der Waals surface area contributed by atoms with Gasteiger partial charge in [0.1, 0.15) is 5.02 Å². The molecular formula is C16H21ClN4O. The Morgan fingerprint density at radius 1 is 1.32 bits per heavy atom. The summed E-state index contributed by atoms with van der Waals surface area (Å²) in [6.45, 7) is 2.70. The molecular weight excluding hydrogens is 300 g/mol. The van der Waals surface area contributed by atoms with E-state index in [1.165, 1.54) is 15.8 Å². The molecule has 0 fully saturated rings. The Bertz CT molecular complexity index is 694. The molecule has 0 unspecified atom stereocenters. The van der Waals surface area contributed by atoms with E-state index >= 15 is 0 Å². The number of aryl methyl sites for hydroxylation is 2. The van der Waals surface area contributed by atoms with Gasteiger partial charge in [-0.15, -0.1) is 0 Å². The molecule has 1 aromatic carbocycles. The Balaban J connectivity index is 2.18. The van der Waals surface area contributed by atoms with E-state index in [1.807, 2.05) is 14.1 Å². The molecule has 2 aromatic rings. The maximum absolute atomic E-state index is 11.8. The lowest BCUT2D eigenvalue weighted by molar-refractivity contribution is 0.312. The third-order valence-electron chi connectivity index (χ3n) is 3.65. The van der Waals surface area contributed by atoms with Gasteiger partial charge in [0.25, 0.3) is 5.56 Å². The van der Waals surface area contributed by atoms with Crippen LogP contribution in [-0.4, -0.2) is 35.3 Å². The Kier molecular flexibility index (Phi) is 5.21. The number of nitrogens with zero attached hydrogens (tertiary/aromatic N) is 3. The molecule has 0 spiro atoms. The second-order valence-corrected chi connectivity index (χ2v) is 5.95. The summed E-state index contributed by atoms with van der Waals surface area (Å²) in [4.78, 5) is 13.9. The smallest absolute Gasteiger partial charge is 0.287 e. The fourth-order valence-electron chi connectivity index (χ4n) is 2.23. The first-order valence-electron chi connectivity index (χ1n) is 7.09. The highest BCUT2D eigenvalue weighted by molar-refractivity contribution is 6.32. The van der Waals surface area contributed by atoms with Crippen LogP contribution in [0, 0.1) is 6.92 Å². The lowest BCUT2D eigenvalue weighted by atomic mass is 10.0. The van der Waals surface area contributed by atoms with Crippen molar-refractivity contribution in [3.63, 3.8) is 0 Å². The molecule has 0 aliphatic heterocycles. The summed E-state index contributed by atoms with van der Waals surface area (Å²) in [5, 5.41) is 7.38. The van der Waals surface area contributed by atoms with Crippen molar-refractivity contribution in [2.45, 2.75) is 13.0 Å². The molecule has 1 heterocycles. The Morgan fingerprint density at radius 3 is 2.55 bits per heavy atom. The van der Waals surface area contributed by atoms with E-state index < -0.39 is 0 Å². The van der Waals surface area contributed by atoms with Gasteiger partial charge >= 0.3 is 0 Å². The fraction of sp³-hybridized carbons (Fsp3) is 0.375. The summed E-state index contributed by atoms with van der Waals surface area (Å²) in [6.07, 6.45) is 1.57. The average molecular weight is 321 g/mol. The van der Waals surface area contributed by atoms with Crippen LogP contribution in [0.1, 0.15) is 17.2 Å². The van der Waals surface area contributed by atoms with E-state index in [2.05, 4.69) is 46.5 Å². The average Bonchev–Trinajstić information content (AvgIpc) is 2.48. The van der Waals surface area contributed by atoms with Gasteiger partial charge in [-0.1, -0.05) is 41.4 Å². The van der Waals surface area contributed by atoms with Crippen molar-refractivity contribution in [1.29, 1.82) is 0 Å². The molecule has 2 rings (SSSR count). The van der Waals surface area contributed by atoms with Crippen LogP contribution in [0.5, 0.6) is 0 Å². The van der Waals surface area contributed by atoms with Crippen LogP contribution in [0.25, 0.3) is 0 Å². The van der Waals surface area contributed by atoms with Gasteiger partial charge in [-0.2, -0.15) is 5.10 Å². The molecule has 0 aliphatic rings. The maximum Gasteiger partial charge on any atom is 0.287 e. The predicted molar refractivity (Wildman–Crippen MR) is 90.6 cm³/mol. The van der Waals surface area contributed by atoms with Gasteiger partial charge in [0.15, 0.2) is 0 Å². The lowest BCUT2D eigenvalue weighted by Gasteiger charge is -2.25. The summed E-state index contributed by atoms with van der Waals surface area (Å²) >= 11 is 6.08. The third-order valence-corrected chi connectivity index (χ3v) is 4.01. The molecule has 0 bridgehead atoms. The standard InChI is InChI=1S/C16H21ClN4O/c1-11-5-7-12(8-6-11)14(20(2)3)10-18-13-9-19-21(4)16(22)15(13)17/h5-9,14,18H,10H2,1-4H3/t14-/m1/s1. The van der Waals surface area contributed by atoms with Crippen LogP contribution >= 0.6 is 11.6 Å². The van der Waals surface area contributed by atoms with Gasteiger partial charge in [-0.05, 0) is 26.6 Å². The van der Waals surface area contributed by atoms with E-state index in [9.17, 15) is 4.79 Å². The molecule has 5 nitrogen and oxygen atoms in total. The Morgan fingerprint density at radius 2 is 1.95 bits per heavy atom. The number of benzene rings is 1. The number of aromatic nitrogens is 2. The lowest BCUT2D eigenvalue weighted by Crippen LogP contribution is -2.28. The molecule has 1 atom stereocenters. The number of anilines is 1. The SMILES string of the molecule is Cc1ccc([C@@H](CNc2cnn(C)c(=O)c2Cl)N(C)C)cc1. The van der Waals surface area contributed by atoms with Crippen LogP contribution < -0.4 is 10.9 Å². The van der Waals surface area contributed by atoms with E-state index in [4.69, 9.17) is 11.6 Å². The number of likely N-dealkylation sites (N-methyl/N-ethyl adjacent to an activating group) is 1. The first kappa shape index (κ1) is 16.5. The van der Waals surface area contributed by atoms with E-state index in [-0.39, 0.29) is 16.6 Å². The molecule has 1 aromatic heterocycles. The predicted octanol–water partition coefficient (Wildman–Crippen LogP) is 2.46. The zero-order valence-electron chi connectivity index (χ0n) is 13.3. The highest BCUT2D eigenvalue weighted by atomic mass is 35.5. The molecule has 1 N–H and O–H groups in total. The van der Waals surface area contributed by atoms with Crippen LogP contribution in [-0.2, 0) is 7.05 Å². The summed E-state index contributed by atoms with van der Waals surface area (Å²) < 4.78 is 1.22. The van der Waals surface area contributed by atoms with Crippen molar-refractivity contribution in [3.05, 3.63) is 57.0 Å². The quantitative estimate of drug-likeness (QED) is 0.919. The molecule has 6 heteroatoms. The monoisotopic (exact) mass is 320 g/mol. The zero-order valence-corrected chi connectivity index (χ0v) is 14.1. The van der Waals surface area contributed by atoms with Gasteiger partial charge in [-0.25, -0.2) is 4.68 Å². The maximum atomic E-state index is 11.8. The molecule has 0 saturated heterocycles. The van der Waals surface area contributed by atoms with Crippen molar-refractivity contribution in [2.24, 2.45) is 7.05 Å². The van der Waals surface area contributed by atoms with Crippen molar-refractivity contribution >= 4 is 17.3 Å². The van der Waals surface area contributed by atoms with Crippen molar-refractivity contribution in [2.75, 3.05) is 26.0 Å². The minimum atomic E-state index is -0.302. The van der Waals surface area contributed by atoms with Gasteiger partial charge in [0.2, 0.25) is 0 Å². The molecule has 0 aliphatic carbocycles. The summed E-state index contributed by atoms with van der Waals surface area (Å²) in [6, 6.07) is 8.59. The second kappa shape index (κ2) is 6.94. The highest BCUT2D eigenvalue weighted by Gasteiger charge is 2.15. The van der Waals surface area contributed by atoms with Gasteiger partial charge in [0.05, 0.1) is 17.9 Å².